The first kappa shape index (κ1) is 17.6. The largest absolute Gasteiger partial charge is 0.472 e. The van der Waals surface area contributed by atoms with Crippen LogP contribution in [-0.4, -0.2) is 40.0 Å². The van der Waals surface area contributed by atoms with Crippen molar-refractivity contribution in [1.29, 1.82) is 0 Å². The third-order valence-electron chi connectivity index (χ3n) is 4.06. The normalized spacial score (nSPS) is 17.4. The molecule has 1 saturated heterocycles. The zero-order chi connectivity index (χ0) is 18.0. The average molecular weight is 364 g/mol. The van der Waals surface area contributed by atoms with E-state index < -0.39 is 5.82 Å². The molecule has 1 unspecified atom stereocenters. The monoisotopic (exact) mass is 363 g/mol. The highest BCUT2D eigenvalue weighted by Gasteiger charge is 2.27. The van der Waals surface area contributed by atoms with Gasteiger partial charge in [-0.2, -0.15) is 4.98 Å². The lowest BCUT2D eigenvalue weighted by Crippen LogP contribution is -2.44. The molecule has 2 heterocycles. The highest BCUT2D eigenvalue weighted by molar-refractivity contribution is 6.33. The number of ether oxygens (including phenoxy) is 1. The number of nitrogens with zero attached hydrogens (tertiary/aromatic N) is 3. The maximum atomic E-state index is 13.2. The average Bonchev–Trinajstić information content (AvgIpc) is 2.53. The second kappa shape index (κ2) is 7.35. The summed E-state index contributed by atoms with van der Waals surface area (Å²) in [5.41, 5.74) is 1.14. The highest BCUT2D eigenvalue weighted by Crippen LogP contribution is 2.23. The number of benzene rings is 1. The minimum absolute atomic E-state index is 0.120. The maximum Gasteiger partial charge on any atom is 0.255 e. The Kier molecular flexibility index (Phi) is 5.18. The van der Waals surface area contributed by atoms with Crippen LogP contribution in [0.1, 0.15) is 34.7 Å². The molecule has 3 rings (SSSR count). The van der Waals surface area contributed by atoms with Crippen molar-refractivity contribution in [2.45, 2.75) is 32.8 Å². The van der Waals surface area contributed by atoms with Gasteiger partial charge in [0.05, 0.1) is 17.1 Å². The van der Waals surface area contributed by atoms with Gasteiger partial charge in [-0.05, 0) is 44.9 Å². The molecule has 0 radical (unpaired) electrons. The van der Waals surface area contributed by atoms with E-state index in [1.54, 1.807) is 11.0 Å². The summed E-state index contributed by atoms with van der Waals surface area (Å²) < 4.78 is 19.1. The molecule has 132 valence electrons. The molecule has 25 heavy (non-hydrogen) atoms. The molecule has 1 amide bonds. The number of aryl methyl sites for hydroxylation is 2. The number of piperidine rings is 1. The molecule has 1 atom stereocenters. The maximum absolute atomic E-state index is 13.2. The van der Waals surface area contributed by atoms with E-state index in [0.29, 0.717) is 30.4 Å². The smallest absolute Gasteiger partial charge is 0.255 e. The SMILES string of the molecule is Cc1cc(OC2CCCN(C(=O)c3ccc(F)cc3Cl)C2)nc(C)n1. The number of hydrogen-bond acceptors (Lipinski definition) is 4. The van der Waals surface area contributed by atoms with Crippen molar-refractivity contribution in [2.75, 3.05) is 13.1 Å². The Morgan fingerprint density at radius 3 is 2.84 bits per heavy atom. The van der Waals surface area contributed by atoms with Gasteiger partial charge >= 0.3 is 0 Å². The van der Waals surface area contributed by atoms with Gasteiger partial charge in [-0.15, -0.1) is 0 Å². The van der Waals surface area contributed by atoms with Crippen LogP contribution in [0.4, 0.5) is 4.39 Å². The second-order valence-electron chi connectivity index (χ2n) is 6.15. The Morgan fingerprint density at radius 2 is 2.12 bits per heavy atom. The number of aromatic nitrogens is 2. The summed E-state index contributed by atoms with van der Waals surface area (Å²) >= 11 is 6.01. The Balaban J connectivity index is 1.71. The molecule has 0 saturated carbocycles. The molecular weight excluding hydrogens is 345 g/mol. The molecule has 0 N–H and O–H groups in total. The van der Waals surface area contributed by atoms with E-state index in [2.05, 4.69) is 9.97 Å². The van der Waals surface area contributed by atoms with E-state index in [1.807, 2.05) is 13.8 Å². The minimum atomic E-state index is -0.462. The predicted octanol–water partition coefficient (Wildman–Crippen LogP) is 3.57. The van der Waals surface area contributed by atoms with E-state index in [4.69, 9.17) is 16.3 Å². The number of rotatable bonds is 3. The number of carbonyl (C=O) groups excluding carboxylic acids is 1. The fraction of sp³-hybridized carbons (Fsp3) is 0.389. The van der Waals surface area contributed by atoms with Gasteiger partial charge < -0.3 is 9.64 Å². The molecule has 5 nitrogen and oxygen atoms in total. The van der Waals surface area contributed by atoms with Gasteiger partial charge in [0.25, 0.3) is 5.91 Å². The van der Waals surface area contributed by atoms with Crippen LogP contribution in [0.2, 0.25) is 5.02 Å². The standard InChI is InChI=1S/C18H19ClFN3O2/c1-11-8-17(22-12(2)21-11)25-14-4-3-7-23(10-14)18(24)15-6-5-13(20)9-16(15)19/h5-6,8-9,14H,3-4,7,10H2,1-2H3. The van der Waals surface area contributed by atoms with E-state index in [-0.39, 0.29) is 17.0 Å². The molecule has 1 aromatic heterocycles. The van der Waals surface area contributed by atoms with Crippen molar-refractivity contribution < 1.29 is 13.9 Å². The van der Waals surface area contributed by atoms with Crippen molar-refractivity contribution in [1.82, 2.24) is 14.9 Å². The zero-order valence-electron chi connectivity index (χ0n) is 14.1. The first-order valence-corrected chi connectivity index (χ1v) is 8.53. The molecule has 1 aromatic carbocycles. The zero-order valence-corrected chi connectivity index (χ0v) is 14.9. The molecule has 1 fully saturated rings. The Hall–Kier alpha value is -2.21. The molecule has 0 spiro atoms. The van der Waals surface area contributed by atoms with E-state index in [0.717, 1.165) is 24.6 Å². The number of likely N-dealkylation sites (tertiary alicyclic amines) is 1. The van der Waals surface area contributed by atoms with Crippen LogP contribution in [0, 0.1) is 19.7 Å². The molecule has 7 heteroatoms. The molecule has 0 bridgehead atoms. The number of amides is 1. The predicted molar refractivity (Wildman–Crippen MR) is 92.5 cm³/mol. The van der Waals surface area contributed by atoms with Crippen molar-refractivity contribution in [3.8, 4) is 5.88 Å². The van der Waals surface area contributed by atoms with Crippen LogP contribution in [0.3, 0.4) is 0 Å². The topological polar surface area (TPSA) is 55.3 Å². The molecular formula is C18H19ClFN3O2. The fourth-order valence-corrected chi connectivity index (χ4v) is 3.21. The lowest BCUT2D eigenvalue weighted by molar-refractivity contribution is 0.0527. The summed E-state index contributed by atoms with van der Waals surface area (Å²) in [5, 5.41) is 0.120. The summed E-state index contributed by atoms with van der Waals surface area (Å²) in [5.74, 6) is 0.491. The van der Waals surface area contributed by atoms with Crippen molar-refractivity contribution in [3.05, 3.63) is 52.2 Å². The van der Waals surface area contributed by atoms with Gasteiger partial charge in [0.2, 0.25) is 5.88 Å². The van der Waals surface area contributed by atoms with Crippen LogP contribution in [0.5, 0.6) is 5.88 Å². The molecule has 0 aliphatic carbocycles. The minimum Gasteiger partial charge on any atom is -0.472 e. The van der Waals surface area contributed by atoms with Crippen molar-refractivity contribution in [2.24, 2.45) is 0 Å². The molecule has 1 aliphatic heterocycles. The van der Waals surface area contributed by atoms with Crippen LogP contribution in [0.15, 0.2) is 24.3 Å². The third kappa shape index (κ3) is 4.25. The first-order valence-electron chi connectivity index (χ1n) is 8.15. The van der Waals surface area contributed by atoms with E-state index in [9.17, 15) is 9.18 Å². The van der Waals surface area contributed by atoms with Gasteiger partial charge in [-0.25, -0.2) is 9.37 Å². The van der Waals surface area contributed by atoms with Gasteiger partial charge in [0, 0.05) is 18.3 Å². The highest BCUT2D eigenvalue weighted by atomic mass is 35.5. The Morgan fingerprint density at radius 1 is 1.32 bits per heavy atom. The van der Waals surface area contributed by atoms with Gasteiger partial charge in [0.1, 0.15) is 17.7 Å². The lowest BCUT2D eigenvalue weighted by Gasteiger charge is -2.33. The Bertz CT molecular complexity index is 780. The summed E-state index contributed by atoms with van der Waals surface area (Å²) in [7, 11) is 0. The summed E-state index contributed by atoms with van der Waals surface area (Å²) in [6.07, 6.45) is 1.51. The summed E-state index contributed by atoms with van der Waals surface area (Å²) in [6.45, 7) is 4.75. The fourth-order valence-electron chi connectivity index (χ4n) is 2.97. The van der Waals surface area contributed by atoms with Crippen LogP contribution < -0.4 is 4.74 Å². The second-order valence-corrected chi connectivity index (χ2v) is 6.56. The number of hydrogen-bond donors (Lipinski definition) is 0. The first-order chi connectivity index (χ1) is 11.9. The van der Waals surface area contributed by atoms with Crippen LogP contribution in [-0.2, 0) is 0 Å². The molecule has 2 aromatic rings. The third-order valence-corrected chi connectivity index (χ3v) is 4.37. The van der Waals surface area contributed by atoms with Crippen LogP contribution in [0.25, 0.3) is 0 Å². The van der Waals surface area contributed by atoms with Gasteiger partial charge in [-0.3, -0.25) is 4.79 Å². The van der Waals surface area contributed by atoms with Crippen LogP contribution >= 0.6 is 11.6 Å². The van der Waals surface area contributed by atoms with Gasteiger partial charge in [0.15, 0.2) is 0 Å². The van der Waals surface area contributed by atoms with Gasteiger partial charge in [-0.1, -0.05) is 11.6 Å². The lowest BCUT2D eigenvalue weighted by atomic mass is 10.1. The number of halogens is 2. The Labute approximate surface area is 150 Å². The van der Waals surface area contributed by atoms with Crippen molar-refractivity contribution >= 4 is 17.5 Å². The summed E-state index contributed by atoms with van der Waals surface area (Å²) in [4.78, 5) is 22.9. The van der Waals surface area contributed by atoms with E-state index in [1.165, 1.54) is 12.1 Å². The molecule has 1 aliphatic rings. The van der Waals surface area contributed by atoms with E-state index >= 15 is 0 Å². The quantitative estimate of drug-likeness (QED) is 0.836. The summed E-state index contributed by atoms with van der Waals surface area (Å²) in [6, 6.07) is 5.59. The number of carbonyl (C=O) groups is 1. The van der Waals surface area contributed by atoms with Crippen molar-refractivity contribution in [3.63, 3.8) is 0 Å².